The van der Waals surface area contributed by atoms with Crippen LogP contribution in [0.15, 0.2) is 24.3 Å². The van der Waals surface area contributed by atoms with Crippen LogP contribution in [0.4, 0.5) is 0 Å². The first-order chi connectivity index (χ1) is 9.51. The molecule has 0 saturated heterocycles. The van der Waals surface area contributed by atoms with Crippen molar-refractivity contribution in [2.45, 2.75) is 26.9 Å². The number of benzene rings is 1. The predicted octanol–water partition coefficient (Wildman–Crippen LogP) is 2.57. The number of nitrogens with zero attached hydrogens (tertiary/aromatic N) is 2. The highest BCUT2D eigenvalue weighted by atomic mass is 16.5. The first-order valence-electron chi connectivity index (χ1n) is 6.49. The minimum atomic E-state index is -0.923. The standard InChI is InChI=1S/C15H18N2O3/c1-4-11-8-12(17(3)16-11)9-20-13-5-6-14(15(18)19)10(2)7-13/h5-8H,4,9H2,1-3H3,(H,18,19). The molecule has 2 rings (SSSR count). The topological polar surface area (TPSA) is 64.3 Å². The van der Waals surface area contributed by atoms with E-state index in [9.17, 15) is 4.79 Å². The molecule has 0 aliphatic rings. The Kier molecular flexibility index (Phi) is 4.08. The van der Waals surface area contributed by atoms with E-state index in [0.29, 0.717) is 23.5 Å². The maximum Gasteiger partial charge on any atom is 0.335 e. The molecule has 0 spiro atoms. The van der Waals surface area contributed by atoms with Crippen molar-refractivity contribution in [3.8, 4) is 5.75 Å². The summed E-state index contributed by atoms with van der Waals surface area (Å²) in [7, 11) is 1.89. The monoisotopic (exact) mass is 274 g/mol. The van der Waals surface area contributed by atoms with Crippen molar-refractivity contribution >= 4 is 5.97 Å². The molecule has 0 radical (unpaired) electrons. The maximum atomic E-state index is 10.9. The van der Waals surface area contributed by atoms with Crippen LogP contribution < -0.4 is 4.74 Å². The third kappa shape index (κ3) is 2.99. The van der Waals surface area contributed by atoms with E-state index in [1.54, 1.807) is 29.8 Å². The number of ether oxygens (including phenoxy) is 1. The summed E-state index contributed by atoms with van der Waals surface area (Å²) < 4.78 is 7.50. The van der Waals surface area contributed by atoms with Gasteiger partial charge in [0.25, 0.3) is 0 Å². The van der Waals surface area contributed by atoms with E-state index in [2.05, 4.69) is 12.0 Å². The van der Waals surface area contributed by atoms with Gasteiger partial charge in [-0.05, 0) is 43.2 Å². The first kappa shape index (κ1) is 14.1. The van der Waals surface area contributed by atoms with Crippen LogP contribution in [0.1, 0.15) is 34.2 Å². The Hall–Kier alpha value is -2.30. The number of rotatable bonds is 5. The number of hydrogen-bond acceptors (Lipinski definition) is 3. The molecule has 1 aromatic heterocycles. The van der Waals surface area contributed by atoms with Crippen LogP contribution >= 0.6 is 0 Å². The van der Waals surface area contributed by atoms with Crippen molar-refractivity contribution in [3.63, 3.8) is 0 Å². The van der Waals surface area contributed by atoms with Crippen LogP contribution in [-0.4, -0.2) is 20.9 Å². The van der Waals surface area contributed by atoms with Crippen LogP contribution in [0.2, 0.25) is 0 Å². The molecular formula is C15H18N2O3. The second-order valence-corrected chi connectivity index (χ2v) is 4.67. The predicted molar refractivity (Wildman–Crippen MR) is 75.1 cm³/mol. The van der Waals surface area contributed by atoms with Gasteiger partial charge in [0.15, 0.2) is 0 Å². The summed E-state index contributed by atoms with van der Waals surface area (Å²) in [5.41, 5.74) is 3.01. The van der Waals surface area contributed by atoms with Crippen LogP contribution in [0, 0.1) is 6.92 Å². The largest absolute Gasteiger partial charge is 0.487 e. The normalized spacial score (nSPS) is 10.6. The van der Waals surface area contributed by atoms with Crippen LogP contribution in [0.25, 0.3) is 0 Å². The molecule has 0 amide bonds. The highest BCUT2D eigenvalue weighted by molar-refractivity contribution is 5.89. The Balaban J connectivity index is 2.09. The molecule has 1 heterocycles. The highest BCUT2D eigenvalue weighted by Gasteiger charge is 2.09. The van der Waals surface area contributed by atoms with Gasteiger partial charge in [-0.1, -0.05) is 6.92 Å². The molecule has 5 nitrogen and oxygen atoms in total. The number of aryl methyl sites for hydroxylation is 3. The molecule has 106 valence electrons. The van der Waals surface area contributed by atoms with E-state index in [-0.39, 0.29) is 0 Å². The van der Waals surface area contributed by atoms with E-state index in [1.807, 2.05) is 13.1 Å². The lowest BCUT2D eigenvalue weighted by Gasteiger charge is -2.08. The number of carboxylic acids is 1. The number of aromatic carboxylic acids is 1. The Labute approximate surface area is 117 Å². The van der Waals surface area contributed by atoms with Gasteiger partial charge in [0.2, 0.25) is 0 Å². The molecule has 5 heteroatoms. The summed E-state index contributed by atoms with van der Waals surface area (Å²) in [5, 5.41) is 13.3. The molecule has 0 atom stereocenters. The van der Waals surface area contributed by atoms with E-state index >= 15 is 0 Å². The molecule has 0 unspecified atom stereocenters. The summed E-state index contributed by atoms with van der Waals surface area (Å²) in [6.07, 6.45) is 0.889. The molecule has 0 aliphatic heterocycles. The van der Waals surface area contributed by atoms with Crippen molar-refractivity contribution in [1.82, 2.24) is 9.78 Å². The number of aromatic nitrogens is 2. The summed E-state index contributed by atoms with van der Waals surface area (Å²) in [5.74, 6) is -0.264. The maximum absolute atomic E-state index is 10.9. The lowest BCUT2D eigenvalue weighted by atomic mass is 10.1. The molecule has 0 fully saturated rings. The number of carbonyl (C=O) groups is 1. The second-order valence-electron chi connectivity index (χ2n) is 4.67. The Morgan fingerprint density at radius 1 is 1.40 bits per heavy atom. The minimum Gasteiger partial charge on any atom is -0.487 e. The summed E-state index contributed by atoms with van der Waals surface area (Å²) in [6.45, 7) is 4.23. The molecule has 1 N–H and O–H groups in total. The third-order valence-corrected chi connectivity index (χ3v) is 3.20. The number of carboxylic acid groups (broad SMARTS) is 1. The zero-order valence-electron chi connectivity index (χ0n) is 11.9. The van der Waals surface area contributed by atoms with Gasteiger partial charge in [-0.3, -0.25) is 4.68 Å². The van der Waals surface area contributed by atoms with Crippen LogP contribution in [-0.2, 0) is 20.1 Å². The Bertz CT molecular complexity index is 632. The van der Waals surface area contributed by atoms with Gasteiger partial charge in [-0.25, -0.2) is 4.79 Å². The van der Waals surface area contributed by atoms with Gasteiger partial charge in [0.05, 0.1) is 17.0 Å². The lowest BCUT2D eigenvalue weighted by molar-refractivity contribution is 0.0696. The Morgan fingerprint density at radius 2 is 2.15 bits per heavy atom. The van der Waals surface area contributed by atoms with Gasteiger partial charge in [-0.2, -0.15) is 5.10 Å². The average molecular weight is 274 g/mol. The first-order valence-corrected chi connectivity index (χ1v) is 6.49. The zero-order chi connectivity index (χ0) is 14.7. The number of hydrogen-bond donors (Lipinski definition) is 1. The third-order valence-electron chi connectivity index (χ3n) is 3.20. The van der Waals surface area contributed by atoms with E-state index in [4.69, 9.17) is 9.84 Å². The molecule has 2 aromatic rings. The molecular weight excluding hydrogens is 256 g/mol. The fourth-order valence-corrected chi connectivity index (χ4v) is 2.00. The quantitative estimate of drug-likeness (QED) is 0.910. The van der Waals surface area contributed by atoms with Crippen molar-refractivity contribution in [2.75, 3.05) is 0 Å². The van der Waals surface area contributed by atoms with Gasteiger partial charge in [0.1, 0.15) is 12.4 Å². The van der Waals surface area contributed by atoms with Gasteiger partial charge >= 0.3 is 5.97 Å². The zero-order valence-corrected chi connectivity index (χ0v) is 11.9. The summed E-state index contributed by atoms with van der Waals surface area (Å²) >= 11 is 0. The van der Waals surface area contributed by atoms with Crippen molar-refractivity contribution in [2.24, 2.45) is 7.05 Å². The average Bonchev–Trinajstić information content (AvgIpc) is 2.76. The summed E-state index contributed by atoms with van der Waals surface area (Å²) in [4.78, 5) is 10.9. The molecule has 0 bridgehead atoms. The fraction of sp³-hybridized carbons (Fsp3) is 0.333. The van der Waals surface area contributed by atoms with Crippen LogP contribution in [0.5, 0.6) is 5.75 Å². The lowest BCUT2D eigenvalue weighted by Crippen LogP contribution is -2.04. The van der Waals surface area contributed by atoms with Gasteiger partial charge in [0, 0.05) is 7.05 Å². The Morgan fingerprint density at radius 3 is 2.70 bits per heavy atom. The fourth-order valence-electron chi connectivity index (χ4n) is 2.00. The van der Waals surface area contributed by atoms with E-state index in [0.717, 1.165) is 17.8 Å². The van der Waals surface area contributed by atoms with Crippen molar-refractivity contribution in [3.05, 3.63) is 46.8 Å². The van der Waals surface area contributed by atoms with E-state index < -0.39 is 5.97 Å². The van der Waals surface area contributed by atoms with Gasteiger partial charge < -0.3 is 9.84 Å². The van der Waals surface area contributed by atoms with Crippen molar-refractivity contribution < 1.29 is 14.6 Å². The second kappa shape index (κ2) is 5.77. The minimum absolute atomic E-state index is 0.297. The summed E-state index contributed by atoms with van der Waals surface area (Å²) in [6, 6.07) is 6.99. The van der Waals surface area contributed by atoms with E-state index in [1.165, 1.54) is 0 Å². The SMILES string of the molecule is CCc1cc(COc2ccc(C(=O)O)c(C)c2)n(C)n1. The van der Waals surface area contributed by atoms with Gasteiger partial charge in [-0.15, -0.1) is 0 Å². The highest BCUT2D eigenvalue weighted by Crippen LogP contribution is 2.18. The smallest absolute Gasteiger partial charge is 0.335 e. The van der Waals surface area contributed by atoms with Crippen molar-refractivity contribution in [1.29, 1.82) is 0 Å². The molecule has 0 aliphatic carbocycles. The molecule has 20 heavy (non-hydrogen) atoms. The molecule has 1 aromatic carbocycles. The van der Waals surface area contributed by atoms with Crippen LogP contribution in [0.3, 0.4) is 0 Å². The molecule has 0 saturated carbocycles.